The van der Waals surface area contributed by atoms with E-state index in [2.05, 4.69) is 4.90 Å². The van der Waals surface area contributed by atoms with E-state index in [1.807, 2.05) is 11.8 Å². The lowest BCUT2D eigenvalue weighted by Crippen LogP contribution is -2.60. The number of ether oxygens (including phenoxy) is 2. The maximum Gasteiger partial charge on any atom is 0.409 e. The Morgan fingerprint density at radius 3 is 2.43 bits per heavy atom. The number of esters is 1. The van der Waals surface area contributed by atoms with Crippen LogP contribution in [0.3, 0.4) is 0 Å². The molecule has 5 unspecified atom stereocenters. The molecule has 3 heterocycles. The van der Waals surface area contributed by atoms with Gasteiger partial charge in [0.1, 0.15) is 0 Å². The van der Waals surface area contributed by atoms with Gasteiger partial charge in [-0.2, -0.15) is 0 Å². The molecule has 23 heavy (non-hydrogen) atoms. The van der Waals surface area contributed by atoms with Gasteiger partial charge in [0.2, 0.25) is 0 Å². The largest absolute Gasteiger partial charge is 0.466 e. The SMILES string of the molecule is CCOC(=O)C1C2CN(C3CC4CCC3CN4C(=O)OC)CC21. The number of rotatable bonds is 3. The molecule has 2 saturated carbocycles. The van der Waals surface area contributed by atoms with Gasteiger partial charge in [-0.3, -0.25) is 9.69 Å². The summed E-state index contributed by atoms with van der Waals surface area (Å²) < 4.78 is 10.1. The third-order valence-electron chi connectivity index (χ3n) is 6.46. The summed E-state index contributed by atoms with van der Waals surface area (Å²) >= 11 is 0. The van der Waals surface area contributed by atoms with Gasteiger partial charge in [0.05, 0.1) is 19.6 Å². The van der Waals surface area contributed by atoms with Crippen molar-refractivity contribution in [2.75, 3.05) is 33.4 Å². The van der Waals surface area contributed by atoms with Crippen LogP contribution < -0.4 is 0 Å². The van der Waals surface area contributed by atoms with Crippen molar-refractivity contribution in [2.24, 2.45) is 23.7 Å². The lowest BCUT2D eigenvalue weighted by Gasteiger charge is -2.51. The van der Waals surface area contributed by atoms with Gasteiger partial charge in [-0.25, -0.2) is 4.79 Å². The number of carbonyl (C=O) groups excluding carboxylic acids is 2. The monoisotopic (exact) mass is 322 g/mol. The molecule has 6 heteroatoms. The molecule has 0 aromatic heterocycles. The molecule has 0 N–H and O–H groups in total. The van der Waals surface area contributed by atoms with Crippen molar-refractivity contribution in [1.82, 2.24) is 9.80 Å². The standard InChI is InChI=1S/C17H26N2O4/c1-3-23-16(20)15-12-8-18(9-13(12)15)14-6-11-5-4-10(14)7-19(11)17(21)22-2/h10-15H,3-9H2,1-2H3. The highest BCUT2D eigenvalue weighted by Gasteiger charge is 2.62. The quantitative estimate of drug-likeness (QED) is 0.734. The molecule has 128 valence electrons. The first-order valence-electron chi connectivity index (χ1n) is 8.89. The highest BCUT2D eigenvalue weighted by Crippen LogP contribution is 2.54. The predicted molar refractivity (Wildman–Crippen MR) is 82.7 cm³/mol. The second-order valence-corrected chi connectivity index (χ2v) is 7.48. The molecule has 0 aromatic rings. The number of piperidine rings is 3. The van der Waals surface area contributed by atoms with E-state index in [0.29, 0.717) is 36.4 Å². The van der Waals surface area contributed by atoms with E-state index in [4.69, 9.17) is 9.47 Å². The molecule has 1 amide bonds. The lowest BCUT2D eigenvalue weighted by atomic mass is 9.75. The van der Waals surface area contributed by atoms with Gasteiger partial charge >= 0.3 is 12.1 Å². The van der Waals surface area contributed by atoms with Crippen LogP contribution in [0.15, 0.2) is 0 Å². The number of likely N-dealkylation sites (tertiary alicyclic amines) is 1. The van der Waals surface area contributed by atoms with Crippen molar-refractivity contribution >= 4 is 12.1 Å². The van der Waals surface area contributed by atoms with Crippen molar-refractivity contribution in [2.45, 2.75) is 38.3 Å². The second kappa shape index (κ2) is 5.65. The summed E-state index contributed by atoms with van der Waals surface area (Å²) in [4.78, 5) is 28.2. The number of hydrogen-bond acceptors (Lipinski definition) is 5. The summed E-state index contributed by atoms with van der Waals surface area (Å²) in [7, 11) is 1.46. The average Bonchev–Trinajstić information content (AvgIpc) is 3.09. The Hall–Kier alpha value is -1.30. The van der Waals surface area contributed by atoms with Crippen LogP contribution in [0, 0.1) is 23.7 Å². The summed E-state index contributed by atoms with van der Waals surface area (Å²) in [6.45, 7) is 5.23. The van der Waals surface area contributed by atoms with Crippen molar-refractivity contribution in [3.05, 3.63) is 0 Å². The van der Waals surface area contributed by atoms with E-state index in [0.717, 1.165) is 32.5 Å². The van der Waals surface area contributed by atoms with Crippen molar-refractivity contribution in [1.29, 1.82) is 0 Å². The number of hydrogen-bond donors (Lipinski definition) is 0. The first kappa shape index (κ1) is 15.2. The molecule has 0 radical (unpaired) electrons. The van der Waals surface area contributed by atoms with Crippen LogP contribution in [0.2, 0.25) is 0 Å². The van der Waals surface area contributed by atoms with Crippen LogP contribution in [0.5, 0.6) is 0 Å². The zero-order valence-electron chi connectivity index (χ0n) is 13.9. The van der Waals surface area contributed by atoms with Crippen LogP contribution in [-0.4, -0.2) is 67.3 Å². The summed E-state index contributed by atoms with van der Waals surface area (Å²) in [5, 5.41) is 0. The van der Waals surface area contributed by atoms with Crippen LogP contribution in [0.4, 0.5) is 4.79 Å². The molecule has 0 aromatic carbocycles. The fraction of sp³-hybridized carbons (Fsp3) is 0.882. The van der Waals surface area contributed by atoms with Crippen molar-refractivity contribution in [3.63, 3.8) is 0 Å². The molecular weight excluding hydrogens is 296 g/mol. The molecule has 2 aliphatic carbocycles. The molecule has 2 bridgehead atoms. The Morgan fingerprint density at radius 1 is 1.13 bits per heavy atom. The summed E-state index contributed by atoms with van der Waals surface area (Å²) in [6, 6.07) is 0.903. The lowest BCUT2D eigenvalue weighted by molar-refractivity contribution is -0.146. The fourth-order valence-electron chi connectivity index (χ4n) is 5.29. The second-order valence-electron chi connectivity index (χ2n) is 7.48. The Bertz CT molecular complexity index is 499. The van der Waals surface area contributed by atoms with E-state index < -0.39 is 0 Å². The summed E-state index contributed by atoms with van der Waals surface area (Å²) in [5.74, 6) is 1.72. The van der Waals surface area contributed by atoms with Gasteiger partial charge in [-0.05, 0) is 43.9 Å². The van der Waals surface area contributed by atoms with E-state index in [9.17, 15) is 9.59 Å². The van der Waals surface area contributed by atoms with Gasteiger partial charge in [0.25, 0.3) is 0 Å². The minimum absolute atomic E-state index is 0.00387. The normalized spacial score (nSPS) is 41.6. The zero-order chi connectivity index (χ0) is 16.1. The summed E-state index contributed by atoms with van der Waals surface area (Å²) in [6.07, 6.45) is 3.19. The number of nitrogens with zero attached hydrogens (tertiary/aromatic N) is 2. The molecule has 5 atom stereocenters. The molecule has 3 aliphatic heterocycles. The topological polar surface area (TPSA) is 59.1 Å². The number of fused-ring (bicyclic) bond motifs is 4. The number of carbonyl (C=O) groups is 2. The number of amides is 1. The Balaban J connectivity index is 1.34. The van der Waals surface area contributed by atoms with Crippen molar-refractivity contribution < 1.29 is 19.1 Å². The molecule has 5 fully saturated rings. The highest BCUT2D eigenvalue weighted by atomic mass is 16.5. The van der Waals surface area contributed by atoms with Gasteiger partial charge < -0.3 is 14.4 Å². The molecular formula is C17H26N2O4. The van der Waals surface area contributed by atoms with Gasteiger partial charge in [-0.15, -0.1) is 0 Å². The van der Waals surface area contributed by atoms with Gasteiger partial charge in [0, 0.05) is 31.7 Å². The number of methoxy groups -OCH3 is 1. The Labute approximate surface area is 137 Å². The van der Waals surface area contributed by atoms with Crippen LogP contribution in [0.1, 0.15) is 26.2 Å². The van der Waals surface area contributed by atoms with E-state index >= 15 is 0 Å². The molecule has 0 spiro atoms. The maximum absolute atomic E-state index is 11.9. The Kier molecular flexibility index (Phi) is 3.75. The third kappa shape index (κ3) is 2.42. The minimum Gasteiger partial charge on any atom is -0.466 e. The van der Waals surface area contributed by atoms with E-state index in [1.54, 1.807) is 0 Å². The molecule has 6 nitrogen and oxygen atoms in total. The van der Waals surface area contributed by atoms with Crippen LogP contribution in [-0.2, 0) is 14.3 Å². The van der Waals surface area contributed by atoms with Gasteiger partial charge in [-0.1, -0.05) is 0 Å². The van der Waals surface area contributed by atoms with Crippen LogP contribution in [0.25, 0.3) is 0 Å². The van der Waals surface area contributed by atoms with Gasteiger partial charge in [0.15, 0.2) is 0 Å². The fourth-order valence-corrected chi connectivity index (χ4v) is 5.29. The average molecular weight is 322 g/mol. The van der Waals surface area contributed by atoms with E-state index in [1.165, 1.54) is 13.5 Å². The molecule has 5 rings (SSSR count). The zero-order valence-corrected chi connectivity index (χ0v) is 13.9. The Morgan fingerprint density at radius 2 is 1.87 bits per heavy atom. The first-order valence-corrected chi connectivity index (χ1v) is 8.89. The maximum atomic E-state index is 11.9. The minimum atomic E-state index is -0.176. The first-order chi connectivity index (χ1) is 11.1. The summed E-state index contributed by atoms with van der Waals surface area (Å²) in [5.41, 5.74) is 0. The van der Waals surface area contributed by atoms with Crippen LogP contribution >= 0.6 is 0 Å². The van der Waals surface area contributed by atoms with E-state index in [-0.39, 0.29) is 18.0 Å². The predicted octanol–water partition coefficient (Wildman–Crippen LogP) is 1.35. The molecule has 3 saturated heterocycles. The third-order valence-corrected chi connectivity index (χ3v) is 6.46. The highest BCUT2D eigenvalue weighted by molar-refractivity contribution is 5.77. The van der Waals surface area contributed by atoms with Crippen molar-refractivity contribution in [3.8, 4) is 0 Å². The molecule has 5 aliphatic rings. The smallest absolute Gasteiger partial charge is 0.409 e.